The highest BCUT2D eigenvalue weighted by Gasteiger charge is 2.14. The van der Waals surface area contributed by atoms with Crippen molar-refractivity contribution in [3.05, 3.63) is 82.1 Å². The second kappa shape index (κ2) is 8.84. The van der Waals surface area contributed by atoms with Crippen LogP contribution in [0, 0.1) is 0 Å². The number of nitrogens with zero attached hydrogens (tertiary/aromatic N) is 2. The Bertz CT molecular complexity index is 955. The molecule has 27 heavy (non-hydrogen) atoms. The first kappa shape index (κ1) is 19.1. The lowest BCUT2D eigenvalue weighted by Crippen LogP contribution is -2.14. The molecule has 5 nitrogen and oxygen atoms in total. The van der Waals surface area contributed by atoms with Crippen LogP contribution < -0.4 is 0 Å². The number of hydrogen-bond donors (Lipinski definition) is 0. The normalized spacial score (nSPS) is 10.6. The quantitative estimate of drug-likeness (QED) is 0.429. The van der Waals surface area contributed by atoms with E-state index in [2.05, 4.69) is 5.10 Å². The van der Waals surface area contributed by atoms with Gasteiger partial charge in [0.25, 0.3) is 0 Å². The van der Waals surface area contributed by atoms with Crippen molar-refractivity contribution < 1.29 is 14.3 Å². The van der Waals surface area contributed by atoms with Crippen LogP contribution in [-0.4, -0.2) is 28.1 Å². The molecule has 0 aliphatic heterocycles. The van der Waals surface area contributed by atoms with Crippen LogP contribution in [0.4, 0.5) is 0 Å². The van der Waals surface area contributed by atoms with Crippen LogP contribution >= 0.6 is 23.2 Å². The van der Waals surface area contributed by atoms with E-state index in [0.717, 1.165) is 11.3 Å². The van der Waals surface area contributed by atoms with Gasteiger partial charge in [-0.3, -0.25) is 9.59 Å². The summed E-state index contributed by atoms with van der Waals surface area (Å²) in [7, 11) is 0. The van der Waals surface area contributed by atoms with Crippen molar-refractivity contribution in [3.63, 3.8) is 0 Å². The number of hydrogen-bond acceptors (Lipinski definition) is 4. The summed E-state index contributed by atoms with van der Waals surface area (Å²) in [6.45, 7) is -0.358. The van der Waals surface area contributed by atoms with Gasteiger partial charge in [0.1, 0.15) is 0 Å². The number of rotatable bonds is 7. The molecule has 138 valence electrons. The Kier molecular flexibility index (Phi) is 6.27. The van der Waals surface area contributed by atoms with Crippen LogP contribution in [0.5, 0.6) is 0 Å². The number of para-hydroxylation sites is 1. The Balaban J connectivity index is 1.49. The molecule has 0 N–H and O–H groups in total. The Morgan fingerprint density at radius 1 is 1.07 bits per heavy atom. The molecule has 0 spiro atoms. The smallest absolute Gasteiger partial charge is 0.306 e. The SMILES string of the molecule is O=C(CCc1cnn(-c2ccccc2)c1)OCC(=O)c1ccc(Cl)cc1Cl. The van der Waals surface area contributed by atoms with Crippen LogP contribution in [0.15, 0.2) is 60.9 Å². The number of ketones is 1. The molecule has 0 saturated heterocycles. The number of carbonyl (C=O) groups is 2. The highest BCUT2D eigenvalue weighted by molar-refractivity contribution is 6.36. The molecule has 3 aromatic rings. The lowest BCUT2D eigenvalue weighted by molar-refractivity contribution is -0.142. The van der Waals surface area contributed by atoms with Crippen LogP contribution in [0.3, 0.4) is 0 Å². The van der Waals surface area contributed by atoms with E-state index in [9.17, 15) is 9.59 Å². The van der Waals surface area contributed by atoms with E-state index in [4.69, 9.17) is 27.9 Å². The van der Waals surface area contributed by atoms with Gasteiger partial charge in [0.15, 0.2) is 6.61 Å². The maximum Gasteiger partial charge on any atom is 0.306 e. The minimum atomic E-state index is -0.458. The van der Waals surface area contributed by atoms with Crippen LogP contribution in [0.1, 0.15) is 22.3 Å². The van der Waals surface area contributed by atoms with Crippen molar-refractivity contribution >= 4 is 35.0 Å². The zero-order chi connectivity index (χ0) is 19.2. The van der Waals surface area contributed by atoms with Gasteiger partial charge in [0, 0.05) is 23.2 Å². The number of carbonyl (C=O) groups excluding carboxylic acids is 2. The highest BCUT2D eigenvalue weighted by Crippen LogP contribution is 2.21. The summed E-state index contributed by atoms with van der Waals surface area (Å²) in [5.41, 5.74) is 2.12. The molecule has 1 heterocycles. The lowest BCUT2D eigenvalue weighted by Gasteiger charge is -2.06. The Morgan fingerprint density at radius 2 is 1.85 bits per heavy atom. The molecule has 0 fully saturated rings. The van der Waals surface area contributed by atoms with Crippen molar-refractivity contribution in [2.45, 2.75) is 12.8 Å². The second-order valence-corrected chi connectivity index (χ2v) is 6.68. The highest BCUT2D eigenvalue weighted by atomic mass is 35.5. The minimum absolute atomic E-state index is 0.155. The molecule has 0 aliphatic rings. The molecular weight excluding hydrogens is 387 g/mol. The minimum Gasteiger partial charge on any atom is -0.457 e. The Labute approximate surface area is 166 Å². The summed E-state index contributed by atoms with van der Waals surface area (Å²) in [5, 5.41) is 4.95. The van der Waals surface area contributed by atoms with Gasteiger partial charge in [-0.2, -0.15) is 5.10 Å². The summed E-state index contributed by atoms with van der Waals surface area (Å²) < 4.78 is 6.79. The van der Waals surface area contributed by atoms with Crippen molar-refractivity contribution in [1.29, 1.82) is 0 Å². The first-order valence-corrected chi connectivity index (χ1v) is 9.01. The van der Waals surface area contributed by atoms with Crippen molar-refractivity contribution in [3.8, 4) is 5.69 Å². The van der Waals surface area contributed by atoms with E-state index < -0.39 is 5.97 Å². The molecule has 1 aromatic heterocycles. The zero-order valence-electron chi connectivity index (χ0n) is 14.3. The third-order valence-corrected chi connectivity index (χ3v) is 4.42. The van der Waals surface area contributed by atoms with Gasteiger partial charge in [-0.05, 0) is 42.3 Å². The van der Waals surface area contributed by atoms with Crippen molar-refractivity contribution in [2.24, 2.45) is 0 Å². The predicted octanol–water partition coefficient (Wildman–Crippen LogP) is 4.54. The van der Waals surface area contributed by atoms with Crippen LogP contribution in [0.25, 0.3) is 5.69 Å². The fraction of sp³-hybridized carbons (Fsp3) is 0.150. The Morgan fingerprint density at radius 3 is 2.59 bits per heavy atom. The number of ether oxygens (including phenoxy) is 1. The standard InChI is InChI=1S/C20H16Cl2N2O3/c21-15-7-8-17(18(22)10-15)19(25)13-27-20(26)9-6-14-11-23-24(12-14)16-4-2-1-3-5-16/h1-5,7-8,10-12H,6,9,13H2. The first-order chi connectivity index (χ1) is 13.0. The van der Waals surface area contributed by atoms with Crippen LogP contribution in [-0.2, 0) is 16.0 Å². The number of aryl methyl sites for hydroxylation is 1. The van der Waals surface area contributed by atoms with E-state index in [1.165, 1.54) is 12.1 Å². The summed E-state index contributed by atoms with van der Waals surface area (Å²) >= 11 is 11.8. The first-order valence-electron chi connectivity index (χ1n) is 8.26. The molecule has 0 aliphatic carbocycles. The number of Topliss-reactive ketones (excluding diaryl/α,β-unsaturated/α-hetero) is 1. The number of benzene rings is 2. The van der Waals surface area contributed by atoms with Gasteiger partial charge < -0.3 is 4.74 Å². The van der Waals surface area contributed by atoms with Crippen molar-refractivity contribution in [1.82, 2.24) is 9.78 Å². The summed E-state index contributed by atoms with van der Waals surface area (Å²) in [4.78, 5) is 24.0. The van der Waals surface area contributed by atoms with Gasteiger partial charge in [0.05, 0.1) is 16.9 Å². The van der Waals surface area contributed by atoms with E-state index in [1.807, 2.05) is 36.5 Å². The maximum absolute atomic E-state index is 12.1. The van der Waals surface area contributed by atoms with E-state index in [0.29, 0.717) is 11.4 Å². The summed E-state index contributed by atoms with van der Waals surface area (Å²) in [6.07, 6.45) is 4.20. The van der Waals surface area contributed by atoms with E-state index in [1.54, 1.807) is 16.9 Å². The molecule has 0 unspecified atom stereocenters. The molecule has 7 heteroatoms. The fourth-order valence-electron chi connectivity index (χ4n) is 2.47. The predicted molar refractivity (Wildman–Crippen MR) is 104 cm³/mol. The molecule has 0 bridgehead atoms. The topological polar surface area (TPSA) is 61.2 Å². The third-order valence-electron chi connectivity index (χ3n) is 3.87. The summed E-state index contributed by atoms with van der Waals surface area (Å²) in [5.74, 6) is -0.831. The largest absolute Gasteiger partial charge is 0.457 e. The zero-order valence-corrected chi connectivity index (χ0v) is 15.8. The lowest BCUT2D eigenvalue weighted by atomic mass is 10.1. The monoisotopic (exact) mass is 402 g/mol. The molecule has 0 saturated carbocycles. The van der Waals surface area contributed by atoms with Crippen LogP contribution in [0.2, 0.25) is 10.0 Å². The molecular formula is C20H16Cl2N2O3. The van der Waals surface area contributed by atoms with E-state index >= 15 is 0 Å². The molecule has 0 amide bonds. The molecule has 3 rings (SSSR count). The molecule has 0 atom stereocenters. The average Bonchev–Trinajstić information content (AvgIpc) is 3.14. The Hall–Kier alpha value is -2.63. The fourth-order valence-corrected chi connectivity index (χ4v) is 2.98. The van der Waals surface area contributed by atoms with Gasteiger partial charge in [-0.15, -0.1) is 0 Å². The van der Waals surface area contributed by atoms with Gasteiger partial charge in [0.2, 0.25) is 5.78 Å². The second-order valence-electron chi connectivity index (χ2n) is 5.84. The van der Waals surface area contributed by atoms with Gasteiger partial charge >= 0.3 is 5.97 Å². The van der Waals surface area contributed by atoms with Gasteiger partial charge in [-0.1, -0.05) is 41.4 Å². The average molecular weight is 403 g/mol. The van der Waals surface area contributed by atoms with E-state index in [-0.39, 0.29) is 29.4 Å². The molecule has 0 radical (unpaired) electrons. The summed E-state index contributed by atoms with van der Waals surface area (Å²) in [6, 6.07) is 14.2. The maximum atomic E-state index is 12.1. The molecule has 2 aromatic carbocycles. The number of aromatic nitrogens is 2. The number of halogens is 2. The third kappa shape index (κ3) is 5.18. The van der Waals surface area contributed by atoms with Crippen molar-refractivity contribution in [2.75, 3.05) is 6.61 Å². The van der Waals surface area contributed by atoms with Gasteiger partial charge in [-0.25, -0.2) is 4.68 Å². The number of esters is 1.